The maximum atomic E-state index is 14.7. The van der Waals surface area contributed by atoms with E-state index >= 15 is 0 Å². The molecule has 1 aliphatic heterocycles. The third-order valence-electron chi connectivity index (χ3n) is 5.18. The van der Waals surface area contributed by atoms with E-state index in [2.05, 4.69) is 37.2 Å². The van der Waals surface area contributed by atoms with Crippen LogP contribution in [-0.2, 0) is 0 Å². The Labute approximate surface area is 197 Å². The average Bonchev–Trinajstić information content (AvgIpc) is 2.77. The summed E-state index contributed by atoms with van der Waals surface area (Å²) < 4.78 is 21.9. The summed E-state index contributed by atoms with van der Waals surface area (Å²) in [6.07, 6.45) is 1.66. The second kappa shape index (κ2) is 9.42. The number of halogens is 3. The Bertz CT molecular complexity index is 1120. The lowest BCUT2D eigenvalue weighted by atomic mass is 9.97. The van der Waals surface area contributed by atoms with Gasteiger partial charge in [-0.2, -0.15) is 0 Å². The number of hydrogen-bond acceptors (Lipinski definition) is 3. The number of ether oxygens (including phenoxy) is 1. The zero-order valence-corrected chi connectivity index (χ0v) is 20.0. The standard InChI is InChI=1S/C24H21Br2FN2O2/c1-2-31-17-7-3-14(4-8-17)21-13-22(19-12-16(26)6-10-23(19)30)29-24(28-21)18-11-15(25)5-9-20(18)27/h3-13,22,24,28-30H,2H2,1H3/p+1. The van der Waals surface area contributed by atoms with Crippen LogP contribution in [0.15, 0.2) is 75.7 Å². The summed E-state index contributed by atoms with van der Waals surface area (Å²) in [6, 6.07) is 17.8. The van der Waals surface area contributed by atoms with Crippen molar-refractivity contribution in [1.29, 1.82) is 0 Å². The molecule has 0 spiro atoms. The zero-order chi connectivity index (χ0) is 22.0. The summed E-state index contributed by atoms with van der Waals surface area (Å²) in [7, 11) is 0. The van der Waals surface area contributed by atoms with Gasteiger partial charge in [-0.25, -0.2) is 4.39 Å². The molecule has 1 heterocycles. The SMILES string of the molecule is CCOc1ccc(C2=CC(c3cc(Br)ccc3O)[NH2+]C(c3cc(Br)ccc3F)N2)cc1. The van der Waals surface area contributed by atoms with Gasteiger partial charge in [0.1, 0.15) is 23.4 Å². The highest BCUT2D eigenvalue weighted by Crippen LogP contribution is 2.32. The van der Waals surface area contributed by atoms with Crippen molar-refractivity contribution in [2.45, 2.75) is 19.1 Å². The molecular weight excluding hydrogens is 527 g/mol. The van der Waals surface area contributed by atoms with Gasteiger partial charge < -0.3 is 20.5 Å². The molecule has 0 aromatic heterocycles. The van der Waals surface area contributed by atoms with E-state index in [0.29, 0.717) is 12.2 Å². The van der Waals surface area contributed by atoms with Gasteiger partial charge in [-0.3, -0.25) is 0 Å². The smallest absolute Gasteiger partial charge is 0.189 e. The number of nitrogens with one attached hydrogen (secondary N) is 1. The molecule has 7 heteroatoms. The van der Waals surface area contributed by atoms with Crippen LogP contribution in [0.4, 0.5) is 4.39 Å². The molecule has 0 aliphatic carbocycles. The molecule has 2 unspecified atom stereocenters. The third-order valence-corrected chi connectivity index (χ3v) is 6.16. The van der Waals surface area contributed by atoms with Crippen molar-refractivity contribution in [2.24, 2.45) is 0 Å². The molecule has 4 rings (SSSR count). The number of hydrogen-bond donors (Lipinski definition) is 3. The van der Waals surface area contributed by atoms with Crippen LogP contribution < -0.4 is 15.4 Å². The Balaban J connectivity index is 1.77. The highest BCUT2D eigenvalue weighted by atomic mass is 79.9. The number of quaternary nitrogens is 1. The normalized spacial score (nSPS) is 18.3. The predicted octanol–water partition coefficient (Wildman–Crippen LogP) is 5.40. The molecule has 31 heavy (non-hydrogen) atoms. The maximum absolute atomic E-state index is 14.7. The Morgan fingerprint density at radius 2 is 1.68 bits per heavy atom. The van der Waals surface area contributed by atoms with E-state index in [1.165, 1.54) is 6.07 Å². The molecule has 4 N–H and O–H groups in total. The summed E-state index contributed by atoms with van der Waals surface area (Å²) in [5, 5.41) is 16.0. The van der Waals surface area contributed by atoms with Crippen LogP contribution in [0.3, 0.4) is 0 Å². The minimum absolute atomic E-state index is 0.196. The minimum atomic E-state index is -0.382. The molecule has 4 nitrogen and oxygen atoms in total. The number of nitrogens with two attached hydrogens (primary N) is 1. The van der Waals surface area contributed by atoms with E-state index in [1.807, 2.05) is 48.6 Å². The van der Waals surface area contributed by atoms with Gasteiger partial charge in [0, 0.05) is 20.7 Å². The van der Waals surface area contributed by atoms with Gasteiger partial charge in [0.25, 0.3) is 0 Å². The molecular formula is C24H22Br2FN2O2+. The molecule has 0 amide bonds. The third kappa shape index (κ3) is 4.95. The van der Waals surface area contributed by atoms with Gasteiger partial charge in [-0.05, 0) is 73.2 Å². The molecule has 160 valence electrons. The number of phenols is 1. The Kier molecular flexibility index (Phi) is 6.65. The van der Waals surface area contributed by atoms with Crippen LogP contribution in [0.5, 0.6) is 11.5 Å². The molecule has 2 atom stereocenters. The first-order valence-corrected chi connectivity index (χ1v) is 11.5. The largest absolute Gasteiger partial charge is 0.507 e. The van der Waals surface area contributed by atoms with Crippen LogP contribution in [0.2, 0.25) is 0 Å². The molecule has 0 saturated heterocycles. The van der Waals surface area contributed by atoms with E-state index < -0.39 is 0 Å². The van der Waals surface area contributed by atoms with Gasteiger partial charge in [-0.1, -0.05) is 31.9 Å². The molecule has 0 bridgehead atoms. The summed E-state index contributed by atoms with van der Waals surface area (Å²) in [6.45, 7) is 2.55. The van der Waals surface area contributed by atoms with Crippen molar-refractivity contribution in [3.63, 3.8) is 0 Å². The maximum Gasteiger partial charge on any atom is 0.189 e. The zero-order valence-electron chi connectivity index (χ0n) is 16.8. The second-order valence-electron chi connectivity index (χ2n) is 7.25. The van der Waals surface area contributed by atoms with Gasteiger partial charge in [0.15, 0.2) is 6.17 Å². The van der Waals surface area contributed by atoms with E-state index in [1.54, 1.807) is 24.3 Å². The molecule has 0 fully saturated rings. The summed E-state index contributed by atoms with van der Waals surface area (Å²) in [4.78, 5) is 0. The Hall–Kier alpha value is -2.35. The predicted molar refractivity (Wildman–Crippen MR) is 126 cm³/mol. The molecule has 1 aliphatic rings. The molecule has 3 aromatic rings. The minimum Gasteiger partial charge on any atom is -0.507 e. The molecule has 0 radical (unpaired) electrons. The number of aromatic hydroxyl groups is 1. The average molecular weight is 549 g/mol. The van der Waals surface area contributed by atoms with E-state index in [-0.39, 0.29) is 23.8 Å². The van der Waals surface area contributed by atoms with E-state index in [0.717, 1.165) is 31.5 Å². The highest BCUT2D eigenvalue weighted by Gasteiger charge is 2.31. The van der Waals surface area contributed by atoms with Crippen molar-refractivity contribution < 1.29 is 19.6 Å². The quantitative estimate of drug-likeness (QED) is 0.400. The van der Waals surface area contributed by atoms with Crippen LogP contribution in [-0.4, -0.2) is 11.7 Å². The summed E-state index contributed by atoms with van der Waals surface area (Å²) in [5.74, 6) is 0.703. The van der Waals surface area contributed by atoms with Crippen LogP contribution in [0.25, 0.3) is 5.70 Å². The first kappa shape index (κ1) is 21.9. The van der Waals surface area contributed by atoms with Crippen molar-refractivity contribution in [3.05, 3.63) is 98.2 Å². The lowest BCUT2D eigenvalue weighted by molar-refractivity contribution is -0.731. The van der Waals surface area contributed by atoms with Gasteiger partial charge in [-0.15, -0.1) is 0 Å². The first-order valence-electron chi connectivity index (χ1n) is 9.94. The van der Waals surface area contributed by atoms with Crippen LogP contribution in [0, 0.1) is 5.82 Å². The van der Waals surface area contributed by atoms with Gasteiger partial charge >= 0.3 is 0 Å². The lowest BCUT2D eigenvalue weighted by Gasteiger charge is -2.30. The van der Waals surface area contributed by atoms with E-state index in [4.69, 9.17) is 4.74 Å². The molecule has 0 saturated carbocycles. The van der Waals surface area contributed by atoms with Crippen LogP contribution in [0.1, 0.15) is 35.8 Å². The summed E-state index contributed by atoms with van der Waals surface area (Å²) in [5.41, 5.74) is 3.10. The van der Waals surface area contributed by atoms with Crippen molar-refractivity contribution in [2.75, 3.05) is 6.61 Å². The first-order chi connectivity index (χ1) is 14.9. The fourth-order valence-electron chi connectivity index (χ4n) is 3.70. The molecule has 3 aromatic carbocycles. The Morgan fingerprint density at radius 3 is 2.39 bits per heavy atom. The lowest BCUT2D eigenvalue weighted by Crippen LogP contribution is -2.90. The van der Waals surface area contributed by atoms with E-state index in [9.17, 15) is 9.50 Å². The topological polar surface area (TPSA) is 58.1 Å². The van der Waals surface area contributed by atoms with Crippen LogP contribution >= 0.6 is 31.9 Å². The van der Waals surface area contributed by atoms with Crippen molar-refractivity contribution in [1.82, 2.24) is 5.32 Å². The fraction of sp³-hybridized carbons (Fsp3) is 0.167. The Morgan fingerprint density at radius 1 is 1.00 bits per heavy atom. The van der Waals surface area contributed by atoms with Gasteiger partial charge in [0.2, 0.25) is 0 Å². The number of phenolic OH excluding ortho intramolecular Hbond substituents is 1. The summed E-state index contributed by atoms with van der Waals surface area (Å²) >= 11 is 6.93. The van der Waals surface area contributed by atoms with Gasteiger partial charge in [0.05, 0.1) is 17.7 Å². The monoisotopic (exact) mass is 547 g/mol. The number of rotatable bonds is 5. The number of benzene rings is 3. The highest BCUT2D eigenvalue weighted by molar-refractivity contribution is 9.10. The fourth-order valence-corrected chi connectivity index (χ4v) is 4.46. The van der Waals surface area contributed by atoms with Crippen molar-refractivity contribution >= 4 is 37.6 Å². The second-order valence-corrected chi connectivity index (χ2v) is 9.08. The van der Waals surface area contributed by atoms with Crippen molar-refractivity contribution in [3.8, 4) is 11.5 Å².